The van der Waals surface area contributed by atoms with Crippen molar-refractivity contribution < 1.29 is 4.79 Å². The Hall–Kier alpha value is -1.68. The van der Waals surface area contributed by atoms with Gasteiger partial charge in [-0.15, -0.1) is 0 Å². The van der Waals surface area contributed by atoms with Crippen molar-refractivity contribution in [2.24, 2.45) is 33.4 Å². The lowest BCUT2D eigenvalue weighted by atomic mass is 9.69. The molecule has 1 fully saturated rings. The largest absolute Gasteiger partial charge is 0.330 e. The maximum atomic E-state index is 13.0. The average molecular weight is 472 g/mol. The van der Waals surface area contributed by atoms with E-state index in [-0.39, 0.29) is 17.6 Å². The van der Waals surface area contributed by atoms with Crippen LogP contribution in [0.5, 0.6) is 0 Å². The molecule has 1 unspecified atom stereocenters. The molecule has 1 heterocycles. The van der Waals surface area contributed by atoms with E-state index in [9.17, 15) is 4.79 Å². The van der Waals surface area contributed by atoms with Crippen molar-refractivity contribution >= 4 is 12.1 Å². The molecule has 0 aromatic heterocycles. The Morgan fingerprint density at radius 1 is 1.21 bits per heavy atom. The Bertz CT molecular complexity index is 738. The van der Waals surface area contributed by atoms with Gasteiger partial charge in [-0.1, -0.05) is 86.3 Å². The van der Waals surface area contributed by atoms with Crippen molar-refractivity contribution in [1.29, 1.82) is 0 Å². The van der Waals surface area contributed by atoms with E-state index in [2.05, 4.69) is 85.1 Å². The molecule has 2 rings (SSSR count). The molecule has 1 spiro atoms. The quantitative estimate of drug-likeness (QED) is 0.395. The number of amides is 1. The van der Waals surface area contributed by atoms with Gasteiger partial charge in [0.05, 0.1) is 12.3 Å². The molecule has 1 atom stereocenters. The fraction of sp³-hybridized carbons (Fsp3) is 0.733. The molecule has 2 N–H and O–H groups in total. The van der Waals surface area contributed by atoms with Crippen LogP contribution in [-0.2, 0) is 4.79 Å². The first-order chi connectivity index (χ1) is 15.7. The molecule has 4 heteroatoms. The first kappa shape index (κ1) is 30.4. The van der Waals surface area contributed by atoms with Crippen molar-refractivity contribution in [2.75, 3.05) is 6.54 Å². The fourth-order valence-electron chi connectivity index (χ4n) is 4.81. The van der Waals surface area contributed by atoms with E-state index in [1.54, 1.807) is 6.21 Å². The number of allylic oxidation sites excluding steroid dienone is 3. The standard InChI is InChI=1S/C25H40N2O.C5H13N/c1-8-10-20(11-9-2)22(13-12-19(3)4)27-23(28)18-26-25(27)16-14-21(15-17-25)24(5,6)7;1-5(2,3)4-6/h8-11,18-19,21-22H,1,12-17H2,2-7H3;4,6H2,1-3H3/b11-9-,20-10+;. The fourth-order valence-corrected chi connectivity index (χ4v) is 4.81. The van der Waals surface area contributed by atoms with Gasteiger partial charge in [0, 0.05) is 0 Å². The normalized spacial score (nSPS) is 24.7. The van der Waals surface area contributed by atoms with Crippen molar-refractivity contribution in [3.8, 4) is 0 Å². The highest BCUT2D eigenvalue weighted by molar-refractivity contribution is 6.28. The maximum Gasteiger partial charge on any atom is 0.267 e. The Morgan fingerprint density at radius 2 is 1.76 bits per heavy atom. The Balaban J connectivity index is 0.000000852. The number of hydrogen-bond acceptors (Lipinski definition) is 3. The molecule has 0 bridgehead atoms. The maximum absolute atomic E-state index is 13.0. The zero-order valence-electron chi connectivity index (χ0n) is 23.7. The molecular formula is C30H53N3O. The molecule has 4 nitrogen and oxygen atoms in total. The highest BCUT2D eigenvalue weighted by Gasteiger charge is 2.49. The third-order valence-corrected chi connectivity index (χ3v) is 7.11. The predicted octanol–water partition coefficient (Wildman–Crippen LogP) is 7.32. The third-order valence-electron chi connectivity index (χ3n) is 7.11. The average Bonchev–Trinajstić information content (AvgIpc) is 3.04. The monoisotopic (exact) mass is 471 g/mol. The zero-order chi connectivity index (χ0) is 26.2. The molecule has 1 aliphatic carbocycles. The molecule has 1 amide bonds. The summed E-state index contributed by atoms with van der Waals surface area (Å²) < 4.78 is 0. The summed E-state index contributed by atoms with van der Waals surface area (Å²) in [5, 5.41) is 0. The predicted molar refractivity (Wildman–Crippen MR) is 149 cm³/mol. The van der Waals surface area contributed by atoms with Crippen molar-refractivity contribution in [3.05, 3.63) is 36.5 Å². The van der Waals surface area contributed by atoms with Gasteiger partial charge in [-0.3, -0.25) is 9.79 Å². The Morgan fingerprint density at radius 3 is 2.18 bits per heavy atom. The van der Waals surface area contributed by atoms with Crippen LogP contribution in [0.25, 0.3) is 0 Å². The summed E-state index contributed by atoms with van der Waals surface area (Å²) in [4.78, 5) is 20.0. The molecule has 0 saturated heterocycles. The van der Waals surface area contributed by atoms with Crippen LogP contribution >= 0.6 is 0 Å². The smallest absolute Gasteiger partial charge is 0.267 e. The number of nitrogens with two attached hydrogens (primary N) is 1. The highest BCUT2D eigenvalue weighted by atomic mass is 16.2. The summed E-state index contributed by atoms with van der Waals surface area (Å²) in [6.07, 6.45) is 15.9. The van der Waals surface area contributed by atoms with Gasteiger partial charge in [0.25, 0.3) is 5.91 Å². The van der Waals surface area contributed by atoms with Crippen molar-refractivity contribution in [3.63, 3.8) is 0 Å². The van der Waals surface area contributed by atoms with Gasteiger partial charge < -0.3 is 10.6 Å². The van der Waals surface area contributed by atoms with Gasteiger partial charge in [-0.05, 0) is 80.2 Å². The van der Waals surface area contributed by atoms with Crippen LogP contribution in [0.2, 0.25) is 0 Å². The van der Waals surface area contributed by atoms with Crippen LogP contribution in [0.3, 0.4) is 0 Å². The summed E-state index contributed by atoms with van der Waals surface area (Å²) in [5.41, 5.74) is 6.74. The number of carbonyl (C=O) groups is 1. The van der Waals surface area contributed by atoms with Crippen LogP contribution in [0.1, 0.15) is 101 Å². The lowest BCUT2D eigenvalue weighted by Crippen LogP contribution is -2.54. The molecule has 34 heavy (non-hydrogen) atoms. The summed E-state index contributed by atoms with van der Waals surface area (Å²) >= 11 is 0. The van der Waals surface area contributed by atoms with Crippen LogP contribution < -0.4 is 5.73 Å². The molecule has 0 aromatic rings. The Labute approximate surface area is 210 Å². The minimum absolute atomic E-state index is 0.0535. The van der Waals surface area contributed by atoms with E-state index >= 15 is 0 Å². The topological polar surface area (TPSA) is 58.7 Å². The van der Waals surface area contributed by atoms with Gasteiger partial charge in [0.1, 0.15) is 5.66 Å². The highest BCUT2D eigenvalue weighted by Crippen LogP contribution is 2.47. The van der Waals surface area contributed by atoms with Gasteiger partial charge in [-0.25, -0.2) is 0 Å². The SMILES string of the molecule is C=C/C=C(\C=C/C)C(CCC(C)C)N1C(=O)C=NC12CCC(C(C)(C)C)CC2.CC(C)(C)CN. The number of rotatable bonds is 7. The molecular weight excluding hydrogens is 418 g/mol. The molecule has 194 valence electrons. The second kappa shape index (κ2) is 12.9. The number of hydrogen-bond donors (Lipinski definition) is 1. The second-order valence-corrected chi connectivity index (χ2v) is 12.7. The molecule has 1 saturated carbocycles. The minimum atomic E-state index is -0.359. The Kier molecular flexibility index (Phi) is 11.5. The molecule has 1 aliphatic heterocycles. The summed E-state index contributed by atoms with van der Waals surface area (Å²) in [6, 6.07) is 0.0535. The van der Waals surface area contributed by atoms with E-state index in [1.807, 2.05) is 13.0 Å². The number of carbonyl (C=O) groups excluding carboxylic acids is 1. The molecule has 0 aromatic carbocycles. The lowest BCUT2D eigenvalue weighted by Gasteiger charge is -2.48. The van der Waals surface area contributed by atoms with Gasteiger partial charge in [0.2, 0.25) is 0 Å². The summed E-state index contributed by atoms with van der Waals surface area (Å²) in [6.45, 7) is 24.5. The van der Waals surface area contributed by atoms with Gasteiger partial charge in [-0.2, -0.15) is 0 Å². The number of nitrogens with zero attached hydrogens (tertiary/aromatic N) is 2. The van der Waals surface area contributed by atoms with E-state index in [0.29, 0.717) is 22.7 Å². The van der Waals surface area contributed by atoms with Crippen LogP contribution in [-0.4, -0.2) is 35.3 Å². The van der Waals surface area contributed by atoms with E-state index < -0.39 is 0 Å². The van der Waals surface area contributed by atoms with Crippen LogP contribution in [0.15, 0.2) is 41.4 Å². The van der Waals surface area contributed by atoms with Gasteiger partial charge in [0.15, 0.2) is 0 Å². The van der Waals surface area contributed by atoms with Gasteiger partial charge >= 0.3 is 0 Å². The van der Waals surface area contributed by atoms with Crippen molar-refractivity contribution in [1.82, 2.24) is 4.90 Å². The lowest BCUT2D eigenvalue weighted by molar-refractivity contribution is -0.132. The minimum Gasteiger partial charge on any atom is -0.330 e. The second-order valence-electron chi connectivity index (χ2n) is 12.7. The first-order valence-corrected chi connectivity index (χ1v) is 13.2. The zero-order valence-corrected chi connectivity index (χ0v) is 23.7. The van der Waals surface area contributed by atoms with E-state index in [4.69, 9.17) is 10.7 Å². The molecule has 2 aliphatic rings. The summed E-state index contributed by atoms with van der Waals surface area (Å²) in [7, 11) is 0. The number of aliphatic imine (C=N–C) groups is 1. The third kappa shape index (κ3) is 8.83. The summed E-state index contributed by atoms with van der Waals surface area (Å²) in [5.74, 6) is 1.37. The van der Waals surface area contributed by atoms with Crippen LogP contribution in [0, 0.1) is 22.7 Å². The molecule has 0 radical (unpaired) electrons. The van der Waals surface area contributed by atoms with E-state index in [1.165, 1.54) is 0 Å². The van der Waals surface area contributed by atoms with E-state index in [0.717, 1.165) is 50.6 Å². The first-order valence-electron chi connectivity index (χ1n) is 13.2. The van der Waals surface area contributed by atoms with Crippen molar-refractivity contribution in [2.45, 2.75) is 113 Å². The van der Waals surface area contributed by atoms with Crippen LogP contribution in [0.4, 0.5) is 0 Å².